The molecule has 0 saturated heterocycles. The zero-order valence-electron chi connectivity index (χ0n) is 19.2. The molecule has 0 spiro atoms. The molecule has 0 fully saturated rings. The van der Waals surface area contributed by atoms with Gasteiger partial charge in [-0.15, -0.1) is 4.68 Å². The Hall–Kier alpha value is -3.42. The van der Waals surface area contributed by atoms with Gasteiger partial charge in [0.15, 0.2) is 6.54 Å². The molecule has 32 heavy (non-hydrogen) atoms. The number of benzene rings is 1. The van der Waals surface area contributed by atoms with E-state index in [0.717, 1.165) is 11.3 Å². The largest absolute Gasteiger partial charge is 0.463 e. The number of hydrogen-bond donors (Lipinski definition) is 3. The lowest BCUT2D eigenvalue weighted by atomic mass is 9.92. The van der Waals surface area contributed by atoms with Crippen molar-refractivity contribution in [2.24, 2.45) is 5.73 Å². The minimum absolute atomic E-state index is 0.0719. The van der Waals surface area contributed by atoms with Gasteiger partial charge in [-0.25, -0.2) is 4.79 Å². The summed E-state index contributed by atoms with van der Waals surface area (Å²) in [5, 5.41) is 6.23. The Bertz CT molecular complexity index is 958. The van der Waals surface area contributed by atoms with E-state index in [4.69, 9.17) is 10.5 Å². The molecule has 0 saturated carbocycles. The van der Waals surface area contributed by atoms with Gasteiger partial charge in [0.1, 0.15) is 0 Å². The Morgan fingerprint density at radius 1 is 1.22 bits per heavy atom. The molecular formula is C24H33N4O4+. The summed E-state index contributed by atoms with van der Waals surface area (Å²) in [6, 6.07) is 11.1. The molecule has 0 unspecified atom stereocenters. The number of H-pyrrole nitrogens is 1. The zero-order valence-corrected chi connectivity index (χ0v) is 19.2. The minimum Gasteiger partial charge on any atom is -0.463 e. The highest BCUT2D eigenvalue weighted by Gasteiger charge is 2.29. The molecule has 2 rings (SSSR count). The van der Waals surface area contributed by atoms with Gasteiger partial charge in [-0.2, -0.15) is 5.10 Å². The first kappa shape index (κ1) is 24.8. The van der Waals surface area contributed by atoms with Crippen molar-refractivity contribution in [1.29, 1.82) is 0 Å². The SMILES string of the molecule is CCOC(=O)C=C[C@H](CCC(N)=O)NC(=O)c1cc(C(C)(C)C)[nH][n+]1Cc1ccccc1. The summed E-state index contributed by atoms with van der Waals surface area (Å²) < 4.78 is 6.69. The van der Waals surface area contributed by atoms with Crippen LogP contribution in [0, 0.1) is 0 Å². The summed E-state index contributed by atoms with van der Waals surface area (Å²) in [5.41, 5.74) is 7.49. The molecule has 8 nitrogen and oxygen atoms in total. The van der Waals surface area contributed by atoms with Crippen LogP contribution >= 0.6 is 0 Å². The first-order valence-corrected chi connectivity index (χ1v) is 10.7. The summed E-state index contributed by atoms with van der Waals surface area (Å²) in [6.07, 6.45) is 3.12. The second-order valence-corrected chi connectivity index (χ2v) is 8.57. The lowest BCUT2D eigenvalue weighted by molar-refractivity contribution is -0.744. The summed E-state index contributed by atoms with van der Waals surface area (Å²) >= 11 is 0. The fourth-order valence-electron chi connectivity index (χ4n) is 3.06. The van der Waals surface area contributed by atoms with Gasteiger partial charge in [-0.3, -0.25) is 9.59 Å². The first-order valence-electron chi connectivity index (χ1n) is 10.7. The van der Waals surface area contributed by atoms with Gasteiger partial charge in [0, 0.05) is 35.6 Å². The Balaban J connectivity index is 2.29. The standard InChI is InChI=1S/C24H32N4O4/c1-5-32-22(30)14-12-18(11-13-21(25)29)26-23(31)19-15-20(24(2,3)4)27-28(19)16-17-9-7-6-8-10-17/h6-10,12,14-15,18H,5,11,13,16H2,1-4H3,(H3,25,26,29,31)/p+1/t18-/m0/s1. The predicted octanol–water partition coefficient (Wildman–Crippen LogP) is 2.13. The van der Waals surface area contributed by atoms with Crippen LogP contribution in [0.3, 0.4) is 0 Å². The van der Waals surface area contributed by atoms with Crippen LogP contribution < -0.4 is 15.7 Å². The number of nitrogens with one attached hydrogen (secondary N) is 2. The highest BCUT2D eigenvalue weighted by Crippen LogP contribution is 2.20. The van der Waals surface area contributed by atoms with E-state index in [0.29, 0.717) is 12.2 Å². The molecular weight excluding hydrogens is 408 g/mol. The highest BCUT2D eigenvalue weighted by atomic mass is 16.5. The van der Waals surface area contributed by atoms with Crippen LogP contribution in [0.2, 0.25) is 0 Å². The Morgan fingerprint density at radius 3 is 2.50 bits per heavy atom. The average Bonchev–Trinajstić information content (AvgIpc) is 3.15. The van der Waals surface area contributed by atoms with Crippen LogP contribution in [0.25, 0.3) is 0 Å². The van der Waals surface area contributed by atoms with E-state index in [2.05, 4.69) is 31.2 Å². The van der Waals surface area contributed by atoms with Crippen molar-refractivity contribution in [2.45, 2.75) is 58.5 Å². The van der Waals surface area contributed by atoms with Crippen LogP contribution in [-0.2, 0) is 26.3 Å². The molecule has 2 aromatic rings. The molecule has 1 aromatic carbocycles. The van der Waals surface area contributed by atoms with Gasteiger partial charge in [0.2, 0.25) is 5.91 Å². The number of primary amides is 1. The molecule has 2 amide bonds. The quantitative estimate of drug-likeness (QED) is 0.297. The molecule has 1 heterocycles. The van der Waals surface area contributed by atoms with E-state index < -0.39 is 17.9 Å². The first-order chi connectivity index (χ1) is 15.1. The van der Waals surface area contributed by atoms with Crippen LogP contribution in [0.1, 0.15) is 62.3 Å². The molecule has 1 aromatic heterocycles. The highest BCUT2D eigenvalue weighted by molar-refractivity contribution is 5.91. The third-order valence-electron chi connectivity index (χ3n) is 4.82. The number of aromatic amines is 1. The molecule has 172 valence electrons. The number of nitrogens with zero attached hydrogens (tertiary/aromatic N) is 1. The van der Waals surface area contributed by atoms with Crippen molar-refractivity contribution in [3.63, 3.8) is 0 Å². The van der Waals surface area contributed by atoms with Gasteiger partial charge >= 0.3 is 11.9 Å². The van der Waals surface area contributed by atoms with Crippen molar-refractivity contribution in [1.82, 2.24) is 10.4 Å². The smallest absolute Gasteiger partial charge is 0.330 e. The number of esters is 1. The minimum atomic E-state index is -0.558. The van der Waals surface area contributed by atoms with E-state index in [-0.39, 0.29) is 30.8 Å². The Labute approximate surface area is 188 Å². The second-order valence-electron chi connectivity index (χ2n) is 8.57. The third-order valence-corrected chi connectivity index (χ3v) is 4.82. The second kappa shape index (κ2) is 11.3. The van der Waals surface area contributed by atoms with Crippen molar-refractivity contribution < 1.29 is 23.8 Å². The number of hydrogen-bond acceptors (Lipinski definition) is 4. The van der Waals surface area contributed by atoms with Gasteiger partial charge in [0.05, 0.1) is 12.3 Å². The number of ether oxygens (including phenoxy) is 1. The molecule has 0 bridgehead atoms. The lowest BCUT2D eigenvalue weighted by Gasteiger charge is -2.13. The van der Waals surface area contributed by atoms with Crippen molar-refractivity contribution in [3.05, 3.63) is 65.5 Å². The zero-order chi connectivity index (χ0) is 23.7. The Kier molecular flexibility index (Phi) is 8.75. The molecule has 8 heteroatoms. The van der Waals surface area contributed by atoms with Crippen LogP contribution in [0.5, 0.6) is 0 Å². The molecule has 0 radical (unpaired) electrons. The van der Waals surface area contributed by atoms with Gasteiger partial charge in [0.25, 0.3) is 5.69 Å². The number of rotatable bonds is 10. The van der Waals surface area contributed by atoms with E-state index in [1.807, 2.05) is 36.4 Å². The summed E-state index contributed by atoms with van der Waals surface area (Å²) in [6.45, 7) is 8.63. The number of carbonyl (C=O) groups is 3. The van der Waals surface area contributed by atoms with Crippen molar-refractivity contribution >= 4 is 17.8 Å². The monoisotopic (exact) mass is 441 g/mol. The average molecular weight is 442 g/mol. The Morgan fingerprint density at radius 2 is 1.91 bits per heavy atom. The van der Waals surface area contributed by atoms with Gasteiger partial charge in [-0.05, 0) is 13.3 Å². The number of nitrogens with two attached hydrogens (primary N) is 1. The number of aromatic nitrogens is 2. The maximum Gasteiger partial charge on any atom is 0.330 e. The fourth-order valence-corrected chi connectivity index (χ4v) is 3.06. The predicted molar refractivity (Wildman–Crippen MR) is 121 cm³/mol. The van der Waals surface area contributed by atoms with E-state index in [1.54, 1.807) is 11.6 Å². The maximum atomic E-state index is 13.2. The van der Waals surface area contributed by atoms with Crippen molar-refractivity contribution in [2.75, 3.05) is 6.61 Å². The third kappa shape index (κ3) is 7.68. The van der Waals surface area contributed by atoms with E-state index in [9.17, 15) is 14.4 Å². The van der Waals surface area contributed by atoms with Crippen LogP contribution in [0.4, 0.5) is 0 Å². The molecule has 4 N–H and O–H groups in total. The van der Waals surface area contributed by atoms with E-state index in [1.165, 1.54) is 12.2 Å². The van der Waals surface area contributed by atoms with Gasteiger partial charge < -0.3 is 15.8 Å². The molecule has 0 aliphatic carbocycles. The summed E-state index contributed by atoms with van der Waals surface area (Å²) in [4.78, 5) is 36.1. The van der Waals surface area contributed by atoms with E-state index >= 15 is 0 Å². The van der Waals surface area contributed by atoms with Gasteiger partial charge in [-0.1, -0.05) is 57.2 Å². The molecule has 1 atom stereocenters. The lowest BCUT2D eigenvalue weighted by Crippen LogP contribution is -2.46. The summed E-state index contributed by atoms with van der Waals surface area (Å²) in [7, 11) is 0. The molecule has 0 aliphatic rings. The van der Waals surface area contributed by atoms with Crippen molar-refractivity contribution in [3.8, 4) is 0 Å². The number of amides is 2. The summed E-state index contributed by atoms with van der Waals surface area (Å²) in [5.74, 6) is -1.32. The van der Waals surface area contributed by atoms with Crippen LogP contribution in [-0.4, -0.2) is 35.5 Å². The fraction of sp³-hybridized carbons (Fsp3) is 0.417. The number of carbonyl (C=O) groups excluding carboxylic acids is 3. The normalized spacial score (nSPS) is 12.5. The molecule has 0 aliphatic heterocycles. The maximum absolute atomic E-state index is 13.2. The topological polar surface area (TPSA) is 118 Å². The van der Waals surface area contributed by atoms with Crippen LogP contribution in [0.15, 0.2) is 48.6 Å².